The Bertz CT molecular complexity index is 720. The lowest BCUT2D eigenvalue weighted by atomic mass is 9.76. The maximum Gasteiger partial charge on any atom is 0.211 e. The minimum absolute atomic E-state index is 0.184. The van der Waals surface area contributed by atoms with Crippen molar-refractivity contribution in [3.8, 4) is 11.6 Å². The van der Waals surface area contributed by atoms with Gasteiger partial charge in [-0.3, -0.25) is 4.79 Å². The molecule has 2 atom stereocenters. The average Bonchev–Trinajstić information content (AvgIpc) is 2.61. The van der Waals surface area contributed by atoms with E-state index in [9.17, 15) is 9.90 Å². The van der Waals surface area contributed by atoms with Gasteiger partial charge in [0.05, 0.1) is 18.4 Å². The highest BCUT2D eigenvalue weighted by Gasteiger charge is 2.28. The normalized spacial score (nSPS) is 20.5. The number of ether oxygens (including phenoxy) is 1. The first-order valence-electron chi connectivity index (χ1n) is 8.20. The Morgan fingerprint density at radius 3 is 2.88 bits per heavy atom. The van der Waals surface area contributed by atoms with Crippen LogP contribution in [-0.4, -0.2) is 23.0 Å². The van der Waals surface area contributed by atoms with E-state index in [0.29, 0.717) is 36.0 Å². The van der Waals surface area contributed by atoms with Crippen molar-refractivity contribution < 1.29 is 14.6 Å². The molecule has 5 heteroatoms. The van der Waals surface area contributed by atoms with Gasteiger partial charge in [0, 0.05) is 11.1 Å². The van der Waals surface area contributed by atoms with Gasteiger partial charge in [-0.1, -0.05) is 42.6 Å². The summed E-state index contributed by atoms with van der Waals surface area (Å²) in [5, 5.41) is 10.2. The predicted octanol–water partition coefficient (Wildman–Crippen LogP) is 4.61. The van der Waals surface area contributed by atoms with Gasteiger partial charge in [0.1, 0.15) is 5.75 Å². The molecule has 1 saturated carbocycles. The second-order valence-corrected chi connectivity index (χ2v) is 6.59. The number of aromatic nitrogens is 1. The smallest absolute Gasteiger partial charge is 0.211 e. The molecule has 3 rings (SSSR count). The van der Waals surface area contributed by atoms with Crippen LogP contribution in [0.5, 0.6) is 11.6 Å². The molecule has 0 bridgehead atoms. The first-order chi connectivity index (χ1) is 11.7. The Balaban J connectivity index is 1.75. The molecular formula is C19H20ClNO3. The van der Waals surface area contributed by atoms with E-state index >= 15 is 0 Å². The van der Waals surface area contributed by atoms with Gasteiger partial charge < -0.3 is 9.84 Å². The lowest BCUT2D eigenvalue weighted by Crippen LogP contribution is -2.24. The molecule has 0 saturated heterocycles. The number of halogens is 1. The maximum atomic E-state index is 11.1. The van der Waals surface area contributed by atoms with Gasteiger partial charge in [-0.15, -0.1) is 0 Å². The second-order valence-electron chi connectivity index (χ2n) is 6.18. The van der Waals surface area contributed by atoms with Crippen molar-refractivity contribution in [3.05, 3.63) is 52.7 Å². The fourth-order valence-corrected chi connectivity index (χ4v) is 3.72. The molecule has 126 valence electrons. The first kappa shape index (κ1) is 16.8. The van der Waals surface area contributed by atoms with E-state index < -0.39 is 0 Å². The van der Waals surface area contributed by atoms with Gasteiger partial charge in [0.15, 0.2) is 6.29 Å². The number of hydrogen-bond acceptors (Lipinski definition) is 4. The van der Waals surface area contributed by atoms with Crippen molar-refractivity contribution in [1.82, 2.24) is 4.98 Å². The third-order valence-electron chi connectivity index (χ3n) is 4.68. The summed E-state index contributed by atoms with van der Waals surface area (Å²) < 4.78 is 5.87. The molecule has 0 spiro atoms. The van der Waals surface area contributed by atoms with Crippen molar-refractivity contribution in [2.24, 2.45) is 5.92 Å². The highest BCUT2D eigenvalue weighted by molar-refractivity contribution is 6.31. The Morgan fingerprint density at radius 2 is 2.08 bits per heavy atom. The number of aldehydes is 1. The van der Waals surface area contributed by atoms with Crippen molar-refractivity contribution >= 4 is 17.9 Å². The number of aromatic hydroxyl groups is 1. The van der Waals surface area contributed by atoms with Crippen LogP contribution < -0.4 is 4.74 Å². The number of carbonyl (C=O) groups is 1. The first-order valence-corrected chi connectivity index (χ1v) is 8.58. The molecule has 2 unspecified atom stereocenters. The van der Waals surface area contributed by atoms with E-state index in [4.69, 9.17) is 16.3 Å². The van der Waals surface area contributed by atoms with Crippen molar-refractivity contribution in [2.45, 2.75) is 31.6 Å². The summed E-state index contributed by atoms with van der Waals surface area (Å²) in [6, 6.07) is 9.29. The van der Waals surface area contributed by atoms with E-state index in [0.717, 1.165) is 17.9 Å². The molecule has 0 radical (unpaired) electrons. The van der Waals surface area contributed by atoms with E-state index in [2.05, 4.69) is 11.1 Å². The third kappa shape index (κ3) is 3.70. The standard InChI is InChI=1S/C19H20ClNO3/c20-17-8-4-3-7-16(17)15-6-2-1-5-13(15)12-24-18-10-21-19(23)9-14(18)11-22/h3-4,7-11,13,15H,1-2,5-6,12H2,(H,21,23). The van der Waals surface area contributed by atoms with Gasteiger partial charge in [-0.05, 0) is 36.3 Å². The molecule has 2 aromatic rings. The molecule has 24 heavy (non-hydrogen) atoms. The highest BCUT2D eigenvalue weighted by Crippen LogP contribution is 2.40. The van der Waals surface area contributed by atoms with Gasteiger partial charge in [0.25, 0.3) is 0 Å². The van der Waals surface area contributed by atoms with Crippen molar-refractivity contribution in [3.63, 3.8) is 0 Å². The molecule has 1 aromatic carbocycles. The maximum absolute atomic E-state index is 11.1. The average molecular weight is 346 g/mol. The Kier molecular flexibility index (Phi) is 5.36. The molecule has 4 nitrogen and oxygen atoms in total. The Morgan fingerprint density at radius 1 is 1.29 bits per heavy atom. The van der Waals surface area contributed by atoms with Crippen LogP contribution in [0.4, 0.5) is 0 Å². The molecule has 0 amide bonds. The fraction of sp³-hybridized carbons (Fsp3) is 0.368. The lowest BCUT2D eigenvalue weighted by Gasteiger charge is -2.32. The topological polar surface area (TPSA) is 59.4 Å². The van der Waals surface area contributed by atoms with Crippen LogP contribution in [0.2, 0.25) is 5.02 Å². The van der Waals surface area contributed by atoms with E-state index in [1.165, 1.54) is 30.7 Å². The van der Waals surface area contributed by atoms with E-state index in [1.54, 1.807) is 0 Å². The number of hydrogen-bond donors (Lipinski definition) is 1. The van der Waals surface area contributed by atoms with Gasteiger partial charge in [0.2, 0.25) is 5.88 Å². The minimum Gasteiger partial charge on any atom is -0.493 e. The summed E-state index contributed by atoms with van der Waals surface area (Å²) in [7, 11) is 0. The molecule has 1 fully saturated rings. The summed E-state index contributed by atoms with van der Waals surface area (Å²) in [5.41, 5.74) is 1.49. The number of nitrogens with zero attached hydrogens (tertiary/aromatic N) is 1. The molecule has 1 heterocycles. The van der Waals surface area contributed by atoms with Gasteiger partial charge in [-0.2, -0.15) is 0 Å². The van der Waals surface area contributed by atoms with Gasteiger partial charge >= 0.3 is 0 Å². The number of carbonyl (C=O) groups excluding carboxylic acids is 1. The second kappa shape index (κ2) is 7.67. The lowest BCUT2D eigenvalue weighted by molar-refractivity contribution is 0.111. The van der Waals surface area contributed by atoms with E-state index in [1.807, 2.05) is 18.2 Å². The molecule has 1 N–H and O–H groups in total. The summed E-state index contributed by atoms with van der Waals surface area (Å²) in [6.07, 6.45) is 6.58. The third-order valence-corrected chi connectivity index (χ3v) is 5.02. The van der Waals surface area contributed by atoms with E-state index in [-0.39, 0.29) is 5.88 Å². The minimum atomic E-state index is -0.184. The summed E-state index contributed by atoms with van der Waals surface area (Å²) in [6.45, 7) is 0.503. The SMILES string of the molecule is O=Cc1cc(O)ncc1OCC1CCCCC1c1ccccc1Cl. The number of benzene rings is 1. The zero-order valence-corrected chi connectivity index (χ0v) is 14.1. The summed E-state index contributed by atoms with van der Waals surface area (Å²) in [5.74, 6) is 0.923. The van der Waals surface area contributed by atoms with Crippen molar-refractivity contribution in [1.29, 1.82) is 0 Å². The highest BCUT2D eigenvalue weighted by atomic mass is 35.5. The van der Waals surface area contributed by atoms with Crippen molar-refractivity contribution in [2.75, 3.05) is 6.61 Å². The zero-order valence-electron chi connectivity index (χ0n) is 13.3. The number of pyridine rings is 1. The Hall–Kier alpha value is -2.07. The van der Waals surface area contributed by atoms with Crippen LogP contribution in [0, 0.1) is 5.92 Å². The molecular weight excluding hydrogens is 326 g/mol. The summed E-state index contributed by atoms with van der Waals surface area (Å²) in [4.78, 5) is 14.9. The monoisotopic (exact) mass is 345 g/mol. The van der Waals surface area contributed by atoms with Gasteiger partial charge in [-0.25, -0.2) is 4.98 Å². The molecule has 0 aliphatic heterocycles. The molecule has 1 aliphatic rings. The van der Waals surface area contributed by atoms with Crippen LogP contribution in [0.1, 0.15) is 47.5 Å². The predicted molar refractivity (Wildman–Crippen MR) is 92.9 cm³/mol. The van der Waals surface area contributed by atoms with Crippen LogP contribution in [0.25, 0.3) is 0 Å². The zero-order chi connectivity index (χ0) is 16.9. The quantitative estimate of drug-likeness (QED) is 0.804. The number of rotatable bonds is 5. The summed E-state index contributed by atoms with van der Waals surface area (Å²) >= 11 is 6.38. The van der Waals surface area contributed by atoms with Crippen LogP contribution in [0.15, 0.2) is 36.5 Å². The van der Waals surface area contributed by atoms with Crippen LogP contribution >= 0.6 is 11.6 Å². The fourth-order valence-electron chi connectivity index (χ4n) is 3.45. The largest absolute Gasteiger partial charge is 0.493 e. The molecule has 1 aliphatic carbocycles. The van der Waals surface area contributed by atoms with Crippen LogP contribution in [0.3, 0.4) is 0 Å². The Labute approximate surface area is 146 Å². The molecule has 1 aromatic heterocycles. The van der Waals surface area contributed by atoms with Crippen LogP contribution in [-0.2, 0) is 0 Å².